The van der Waals surface area contributed by atoms with Crippen LogP contribution in [0.25, 0.3) is 17.0 Å². The predicted molar refractivity (Wildman–Crippen MR) is 141 cm³/mol. The highest BCUT2D eigenvalue weighted by Crippen LogP contribution is 2.37. The second kappa shape index (κ2) is 8.80. The minimum Gasteiger partial charge on any atom is -0.370 e. The first-order chi connectivity index (χ1) is 15.9. The van der Waals surface area contributed by atoms with E-state index >= 15 is 0 Å². The number of pyridine rings is 1. The maximum absolute atomic E-state index is 13.5. The predicted octanol–water partition coefficient (Wildman–Crippen LogP) is 4.85. The number of aromatic nitrogens is 1. The summed E-state index contributed by atoms with van der Waals surface area (Å²) >= 11 is 6.82. The minimum absolute atomic E-state index is 0.0978. The normalized spacial score (nSPS) is 17.7. The lowest BCUT2D eigenvalue weighted by atomic mass is 10.1. The molecule has 0 radical (unpaired) electrons. The van der Waals surface area contributed by atoms with Gasteiger partial charge in [0.25, 0.3) is 11.5 Å². The van der Waals surface area contributed by atoms with Crippen LogP contribution in [0.15, 0.2) is 58.2 Å². The minimum atomic E-state index is -0.145. The van der Waals surface area contributed by atoms with Crippen molar-refractivity contribution in [2.24, 2.45) is 7.05 Å². The second-order valence-electron chi connectivity index (χ2n) is 8.59. The fourth-order valence-corrected chi connectivity index (χ4v) is 5.79. The molecule has 0 N–H and O–H groups in total. The van der Waals surface area contributed by atoms with Crippen molar-refractivity contribution in [3.63, 3.8) is 0 Å². The number of amides is 1. The molecule has 2 saturated heterocycles. The number of thioether (sulfide) groups is 1. The first kappa shape index (κ1) is 21.9. The van der Waals surface area contributed by atoms with Crippen molar-refractivity contribution in [1.29, 1.82) is 0 Å². The Morgan fingerprint density at radius 3 is 2.45 bits per heavy atom. The van der Waals surface area contributed by atoms with E-state index in [0.29, 0.717) is 21.3 Å². The Balaban J connectivity index is 1.59. The van der Waals surface area contributed by atoms with Crippen molar-refractivity contribution in [3.8, 4) is 0 Å². The summed E-state index contributed by atoms with van der Waals surface area (Å²) in [6.07, 6.45) is 3.96. The molecule has 0 atom stereocenters. The summed E-state index contributed by atoms with van der Waals surface area (Å²) in [6, 6.07) is 16.1. The first-order valence-corrected chi connectivity index (χ1v) is 12.3. The molecular formula is C26H25N3O2S2. The number of carbonyl (C=O) groups is 1. The van der Waals surface area contributed by atoms with Crippen LogP contribution in [0.3, 0.4) is 0 Å². The summed E-state index contributed by atoms with van der Waals surface area (Å²) in [7, 11) is 1.79. The molecule has 0 saturated carbocycles. The maximum atomic E-state index is 13.5. The monoisotopic (exact) mass is 475 g/mol. The van der Waals surface area contributed by atoms with E-state index in [0.717, 1.165) is 48.1 Å². The van der Waals surface area contributed by atoms with E-state index in [1.807, 2.05) is 49.4 Å². The molecule has 0 aliphatic carbocycles. The van der Waals surface area contributed by atoms with Gasteiger partial charge in [0.15, 0.2) is 0 Å². The van der Waals surface area contributed by atoms with E-state index < -0.39 is 0 Å². The van der Waals surface area contributed by atoms with Gasteiger partial charge in [0.2, 0.25) is 0 Å². The van der Waals surface area contributed by atoms with Crippen LogP contribution in [0.4, 0.5) is 5.69 Å². The van der Waals surface area contributed by atoms with Gasteiger partial charge < -0.3 is 9.47 Å². The number of nitrogens with zero attached hydrogens (tertiary/aromatic N) is 3. The number of aryl methyl sites for hydroxylation is 2. The average molecular weight is 476 g/mol. The second-order valence-corrected chi connectivity index (χ2v) is 10.3. The number of para-hydroxylation sites is 1. The first-order valence-electron chi connectivity index (χ1n) is 11.1. The van der Waals surface area contributed by atoms with E-state index in [2.05, 4.69) is 11.0 Å². The Morgan fingerprint density at radius 2 is 1.73 bits per heavy atom. The Kier molecular flexibility index (Phi) is 5.85. The fraction of sp³-hybridized carbons (Fsp3) is 0.269. The third-order valence-corrected chi connectivity index (χ3v) is 7.72. The van der Waals surface area contributed by atoms with Gasteiger partial charge in [-0.05, 0) is 37.5 Å². The van der Waals surface area contributed by atoms with E-state index in [-0.39, 0.29) is 11.5 Å². The van der Waals surface area contributed by atoms with Crippen LogP contribution in [0.1, 0.15) is 29.5 Å². The van der Waals surface area contributed by atoms with Crippen molar-refractivity contribution in [3.05, 3.63) is 80.5 Å². The third-order valence-electron chi connectivity index (χ3n) is 6.34. The van der Waals surface area contributed by atoms with Gasteiger partial charge in [-0.3, -0.25) is 14.5 Å². The van der Waals surface area contributed by atoms with Gasteiger partial charge in [0.1, 0.15) is 4.32 Å². The number of benzene rings is 2. The molecule has 5 rings (SSSR count). The molecule has 3 aromatic rings. The van der Waals surface area contributed by atoms with Crippen LogP contribution in [0.2, 0.25) is 0 Å². The Hall–Kier alpha value is -2.90. The topological polar surface area (TPSA) is 45.6 Å². The van der Waals surface area contributed by atoms with Crippen LogP contribution in [-0.4, -0.2) is 32.8 Å². The molecule has 2 aliphatic rings. The summed E-state index contributed by atoms with van der Waals surface area (Å²) in [5, 5.41) is 1.03. The molecular weight excluding hydrogens is 450 g/mol. The molecule has 168 valence electrons. The zero-order valence-corrected chi connectivity index (χ0v) is 20.3. The Labute approximate surface area is 202 Å². The lowest BCUT2D eigenvalue weighted by Crippen LogP contribution is -2.28. The van der Waals surface area contributed by atoms with Crippen molar-refractivity contribution in [1.82, 2.24) is 9.47 Å². The highest BCUT2D eigenvalue weighted by molar-refractivity contribution is 8.26. The molecule has 33 heavy (non-hydrogen) atoms. The standard InChI is InChI=1S/C26H25N3O2S2/c1-17-9-11-18(12-10-17)16-29-25(31)22(33-26(29)32)15-20-23(28-13-5-6-14-28)19-7-3-4-8-21(19)27(2)24(20)30/h3-4,7-12,15H,5-6,13-14,16H2,1-2H3. The molecule has 1 amide bonds. The van der Waals surface area contributed by atoms with Crippen LogP contribution in [-0.2, 0) is 18.4 Å². The maximum Gasteiger partial charge on any atom is 0.266 e. The van der Waals surface area contributed by atoms with Gasteiger partial charge >= 0.3 is 0 Å². The zero-order chi connectivity index (χ0) is 23.1. The summed E-state index contributed by atoms with van der Waals surface area (Å²) in [5.74, 6) is -0.145. The van der Waals surface area contributed by atoms with Gasteiger partial charge in [0, 0.05) is 25.5 Å². The van der Waals surface area contributed by atoms with Gasteiger partial charge in [0.05, 0.1) is 28.2 Å². The van der Waals surface area contributed by atoms with Gasteiger partial charge in [-0.15, -0.1) is 0 Å². The molecule has 3 heterocycles. The number of fused-ring (bicyclic) bond motifs is 1. The largest absolute Gasteiger partial charge is 0.370 e. The quantitative estimate of drug-likeness (QED) is 0.399. The van der Waals surface area contributed by atoms with Crippen LogP contribution in [0.5, 0.6) is 0 Å². The Morgan fingerprint density at radius 1 is 1.03 bits per heavy atom. The highest BCUT2D eigenvalue weighted by Gasteiger charge is 2.33. The molecule has 0 unspecified atom stereocenters. The fourth-order valence-electron chi connectivity index (χ4n) is 4.56. The number of rotatable bonds is 4. The number of thiocarbonyl (C=S) groups is 1. The summed E-state index contributed by atoms with van der Waals surface area (Å²) in [6.45, 7) is 4.28. The van der Waals surface area contributed by atoms with E-state index in [1.54, 1.807) is 22.6 Å². The number of anilines is 1. The SMILES string of the molecule is Cc1ccc(CN2C(=O)C(=Cc3c(N4CCCC4)c4ccccc4n(C)c3=O)SC2=S)cc1. The lowest BCUT2D eigenvalue weighted by Gasteiger charge is -2.23. The Bertz CT molecular complexity index is 1350. The molecule has 2 aromatic carbocycles. The van der Waals surface area contributed by atoms with Crippen molar-refractivity contribution < 1.29 is 4.79 Å². The molecule has 0 spiro atoms. The number of hydrogen-bond acceptors (Lipinski definition) is 5. The average Bonchev–Trinajstić information content (AvgIpc) is 3.43. The van der Waals surface area contributed by atoms with Crippen LogP contribution >= 0.6 is 24.0 Å². The van der Waals surface area contributed by atoms with E-state index in [4.69, 9.17) is 12.2 Å². The molecule has 2 aliphatic heterocycles. The number of carbonyl (C=O) groups excluding carboxylic acids is 1. The summed E-state index contributed by atoms with van der Waals surface area (Å²) < 4.78 is 2.19. The van der Waals surface area contributed by atoms with Gasteiger partial charge in [-0.2, -0.15) is 0 Å². The van der Waals surface area contributed by atoms with Crippen molar-refractivity contribution in [2.75, 3.05) is 18.0 Å². The third kappa shape index (κ3) is 4.00. The molecule has 0 bridgehead atoms. The lowest BCUT2D eigenvalue weighted by molar-refractivity contribution is -0.122. The van der Waals surface area contributed by atoms with Crippen molar-refractivity contribution >= 4 is 56.9 Å². The molecule has 5 nitrogen and oxygen atoms in total. The van der Waals surface area contributed by atoms with E-state index in [1.165, 1.54) is 17.3 Å². The molecule has 2 fully saturated rings. The smallest absolute Gasteiger partial charge is 0.266 e. The van der Waals surface area contributed by atoms with Crippen LogP contribution < -0.4 is 10.5 Å². The van der Waals surface area contributed by atoms with E-state index in [9.17, 15) is 9.59 Å². The van der Waals surface area contributed by atoms with Crippen molar-refractivity contribution in [2.45, 2.75) is 26.3 Å². The van der Waals surface area contributed by atoms with Gasteiger partial charge in [-0.1, -0.05) is 72.0 Å². The number of hydrogen-bond donors (Lipinski definition) is 0. The van der Waals surface area contributed by atoms with Gasteiger partial charge in [-0.25, -0.2) is 0 Å². The summed E-state index contributed by atoms with van der Waals surface area (Å²) in [4.78, 5) is 31.2. The molecule has 1 aromatic heterocycles. The summed E-state index contributed by atoms with van der Waals surface area (Å²) in [5.41, 5.74) is 4.49. The zero-order valence-electron chi connectivity index (χ0n) is 18.7. The highest BCUT2D eigenvalue weighted by atomic mass is 32.2. The molecule has 7 heteroatoms. The van der Waals surface area contributed by atoms with Crippen LogP contribution in [0, 0.1) is 6.92 Å².